The van der Waals surface area contributed by atoms with Crippen LogP contribution < -0.4 is 10.1 Å². The maximum absolute atomic E-state index is 11.9. The number of carbonyl (C=O) groups is 1. The van der Waals surface area contributed by atoms with Crippen LogP contribution in [0.15, 0.2) is 40.9 Å². The van der Waals surface area contributed by atoms with Gasteiger partial charge in [-0.2, -0.15) is 0 Å². The second kappa shape index (κ2) is 9.30. The van der Waals surface area contributed by atoms with Gasteiger partial charge in [-0.25, -0.2) is 0 Å². The number of nitrogens with one attached hydrogen (secondary N) is 1. The first-order chi connectivity index (χ1) is 11.5. The molecule has 0 heterocycles. The van der Waals surface area contributed by atoms with Crippen molar-refractivity contribution in [3.05, 3.63) is 56.5 Å². The summed E-state index contributed by atoms with van der Waals surface area (Å²) in [4.78, 5) is 11.9. The van der Waals surface area contributed by atoms with Crippen molar-refractivity contribution in [1.29, 1.82) is 0 Å². The van der Waals surface area contributed by atoms with Gasteiger partial charge >= 0.3 is 0 Å². The predicted molar refractivity (Wildman–Crippen MR) is 103 cm³/mol. The molecule has 0 aliphatic rings. The maximum Gasteiger partial charge on any atom is 0.224 e. The molecule has 0 aliphatic heterocycles. The zero-order chi connectivity index (χ0) is 17.5. The van der Waals surface area contributed by atoms with Gasteiger partial charge in [-0.1, -0.05) is 36.2 Å². The van der Waals surface area contributed by atoms with Gasteiger partial charge in [0.05, 0.1) is 11.1 Å². The van der Waals surface area contributed by atoms with Crippen molar-refractivity contribution in [3.63, 3.8) is 0 Å². The van der Waals surface area contributed by atoms with Crippen molar-refractivity contribution >= 4 is 50.7 Å². The molecule has 0 saturated heterocycles. The lowest BCUT2D eigenvalue weighted by atomic mass is 10.2. The molecule has 0 aromatic heterocycles. The van der Waals surface area contributed by atoms with Crippen molar-refractivity contribution in [2.45, 2.75) is 26.2 Å². The van der Waals surface area contributed by atoms with E-state index in [9.17, 15) is 4.79 Å². The number of amides is 1. The average molecular weight is 431 g/mol. The fourth-order valence-corrected chi connectivity index (χ4v) is 3.21. The Kier molecular flexibility index (Phi) is 7.40. The molecule has 3 nitrogen and oxygen atoms in total. The van der Waals surface area contributed by atoms with Crippen molar-refractivity contribution in [2.75, 3.05) is 11.9 Å². The summed E-state index contributed by atoms with van der Waals surface area (Å²) in [6.07, 6.45) is 1.95. The van der Waals surface area contributed by atoms with Gasteiger partial charge in [0.15, 0.2) is 0 Å². The normalized spacial score (nSPS) is 10.5. The van der Waals surface area contributed by atoms with Gasteiger partial charge in [0, 0.05) is 22.2 Å². The topological polar surface area (TPSA) is 38.3 Å². The smallest absolute Gasteiger partial charge is 0.224 e. The van der Waals surface area contributed by atoms with Crippen LogP contribution in [-0.2, 0) is 11.2 Å². The van der Waals surface area contributed by atoms with E-state index >= 15 is 0 Å². The molecule has 0 saturated carbocycles. The highest BCUT2D eigenvalue weighted by molar-refractivity contribution is 9.10. The zero-order valence-electron chi connectivity index (χ0n) is 13.2. The van der Waals surface area contributed by atoms with Crippen LogP contribution in [-0.4, -0.2) is 12.5 Å². The molecule has 0 fully saturated rings. The molecule has 24 heavy (non-hydrogen) atoms. The maximum atomic E-state index is 11.9. The summed E-state index contributed by atoms with van der Waals surface area (Å²) < 4.78 is 6.64. The second-order valence-electron chi connectivity index (χ2n) is 5.28. The molecule has 0 atom stereocenters. The van der Waals surface area contributed by atoms with Gasteiger partial charge in [-0.15, -0.1) is 0 Å². The molecular weight excluding hydrogens is 413 g/mol. The third-order valence-electron chi connectivity index (χ3n) is 3.36. The summed E-state index contributed by atoms with van der Waals surface area (Å²) in [5, 5.41) is 3.75. The first-order valence-electron chi connectivity index (χ1n) is 7.65. The molecule has 128 valence electrons. The summed E-state index contributed by atoms with van der Waals surface area (Å²) in [5.74, 6) is 0.687. The van der Waals surface area contributed by atoms with Crippen LogP contribution in [0.25, 0.3) is 0 Å². The van der Waals surface area contributed by atoms with Gasteiger partial charge in [-0.05, 0) is 64.7 Å². The number of rotatable bonds is 7. The number of hydrogen-bond acceptors (Lipinski definition) is 2. The van der Waals surface area contributed by atoms with Crippen LogP contribution in [0.1, 0.15) is 25.3 Å². The quantitative estimate of drug-likeness (QED) is 0.537. The third kappa shape index (κ3) is 6.00. The summed E-state index contributed by atoms with van der Waals surface area (Å²) in [5.41, 5.74) is 1.84. The van der Waals surface area contributed by atoms with Crippen LogP contribution in [0.3, 0.4) is 0 Å². The van der Waals surface area contributed by atoms with E-state index < -0.39 is 0 Å². The first kappa shape index (κ1) is 19.1. The van der Waals surface area contributed by atoms with Gasteiger partial charge in [0.25, 0.3) is 0 Å². The molecule has 2 aromatic rings. The average Bonchev–Trinajstić information content (AvgIpc) is 2.51. The van der Waals surface area contributed by atoms with Crippen LogP contribution in [0.5, 0.6) is 5.75 Å². The van der Waals surface area contributed by atoms with Crippen molar-refractivity contribution in [1.82, 2.24) is 0 Å². The van der Waals surface area contributed by atoms with E-state index in [1.165, 1.54) is 5.56 Å². The number of ether oxygens (including phenoxy) is 1. The van der Waals surface area contributed by atoms with Gasteiger partial charge < -0.3 is 10.1 Å². The van der Waals surface area contributed by atoms with E-state index in [1.54, 1.807) is 18.2 Å². The van der Waals surface area contributed by atoms with Crippen LogP contribution >= 0.6 is 39.1 Å². The largest absolute Gasteiger partial charge is 0.492 e. The standard InChI is InChI=1S/C18H18BrCl2NO2/c1-2-12-5-6-17(16(19)8-12)24-7-3-4-18(23)22-15-10-13(20)9-14(21)11-15/h5-6,8-11H,2-4,7H2,1H3,(H,22,23). The van der Waals surface area contributed by atoms with Crippen molar-refractivity contribution < 1.29 is 9.53 Å². The molecule has 1 N–H and O–H groups in total. The van der Waals surface area contributed by atoms with Crippen LogP contribution in [0, 0.1) is 0 Å². The number of aryl methyl sites for hydroxylation is 1. The van der Waals surface area contributed by atoms with Crippen LogP contribution in [0.2, 0.25) is 10.0 Å². The number of carbonyl (C=O) groups excluding carboxylic acids is 1. The van der Waals surface area contributed by atoms with E-state index in [4.69, 9.17) is 27.9 Å². The fraction of sp³-hybridized carbons (Fsp3) is 0.278. The molecular formula is C18H18BrCl2NO2. The summed E-state index contributed by atoms with van der Waals surface area (Å²) >= 11 is 15.3. The summed E-state index contributed by atoms with van der Waals surface area (Å²) in [6.45, 7) is 2.57. The Morgan fingerprint density at radius 3 is 2.50 bits per heavy atom. The third-order valence-corrected chi connectivity index (χ3v) is 4.41. The minimum atomic E-state index is -0.0997. The Labute approximate surface area is 160 Å². The molecule has 0 unspecified atom stereocenters. The summed E-state index contributed by atoms with van der Waals surface area (Å²) in [6, 6.07) is 11.0. The minimum absolute atomic E-state index is 0.0997. The molecule has 2 rings (SSSR count). The molecule has 0 radical (unpaired) electrons. The molecule has 0 aliphatic carbocycles. The predicted octanol–water partition coefficient (Wildman–Crippen LogP) is 6.12. The Bertz CT molecular complexity index is 702. The lowest BCUT2D eigenvalue weighted by molar-refractivity contribution is -0.116. The summed E-state index contributed by atoms with van der Waals surface area (Å²) in [7, 11) is 0. The fourth-order valence-electron chi connectivity index (χ4n) is 2.15. The van der Waals surface area contributed by atoms with E-state index in [2.05, 4.69) is 28.2 Å². The van der Waals surface area contributed by atoms with E-state index in [0.717, 1.165) is 16.6 Å². The highest BCUT2D eigenvalue weighted by Crippen LogP contribution is 2.26. The van der Waals surface area contributed by atoms with Crippen molar-refractivity contribution in [2.24, 2.45) is 0 Å². The number of anilines is 1. The van der Waals surface area contributed by atoms with Gasteiger partial charge in [0.2, 0.25) is 5.91 Å². The molecule has 6 heteroatoms. The highest BCUT2D eigenvalue weighted by Gasteiger charge is 2.06. The molecule has 1 amide bonds. The Morgan fingerprint density at radius 2 is 1.88 bits per heavy atom. The Hall–Kier alpha value is -1.23. The lowest BCUT2D eigenvalue weighted by Gasteiger charge is -2.10. The zero-order valence-corrected chi connectivity index (χ0v) is 16.3. The van der Waals surface area contributed by atoms with E-state index in [0.29, 0.717) is 35.2 Å². The monoisotopic (exact) mass is 429 g/mol. The van der Waals surface area contributed by atoms with Crippen LogP contribution in [0.4, 0.5) is 5.69 Å². The highest BCUT2D eigenvalue weighted by atomic mass is 79.9. The molecule has 0 bridgehead atoms. The second-order valence-corrected chi connectivity index (χ2v) is 7.00. The number of halogens is 3. The number of benzene rings is 2. The first-order valence-corrected chi connectivity index (χ1v) is 9.20. The van der Waals surface area contributed by atoms with Gasteiger partial charge in [0.1, 0.15) is 5.75 Å². The van der Waals surface area contributed by atoms with Crippen molar-refractivity contribution in [3.8, 4) is 5.75 Å². The minimum Gasteiger partial charge on any atom is -0.492 e. The van der Waals surface area contributed by atoms with Gasteiger partial charge in [-0.3, -0.25) is 4.79 Å². The molecule has 0 spiro atoms. The Morgan fingerprint density at radius 1 is 1.17 bits per heavy atom. The lowest BCUT2D eigenvalue weighted by Crippen LogP contribution is -2.12. The molecule has 2 aromatic carbocycles. The Balaban J connectivity index is 1.76. The number of hydrogen-bond donors (Lipinski definition) is 1. The van der Waals surface area contributed by atoms with E-state index in [1.807, 2.05) is 18.2 Å². The van der Waals surface area contributed by atoms with E-state index in [-0.39, 0.29) is 5.91 Å². The SMILES string of the molecule is CCc1ccc(OCCCC(=O)Nc2cc(Cl)cc(Cl)c2)c(Br)c1.